The fourth-order valence-electron chi connectivity index (χ4n) is 5.07. The van der Waals surface area contributed by atoms with Gasteiger partial charge in [-0.3, -0.25) is 29.4 Å². The minimum atomic E-state index is -1.41. The van der Waals surface area contributed by atoms with Crippen molar-refractivity contribution in [1.82, 2.24) is 26.6 Å². The number of carbonyl (C=O) groups excluding carboxylic acids is 5. The molecule has 0 aliphatic heterocycles. The first-order chi connectivity index (χ1) is 22.6. The normalized spacial score (nSPS) is 14.1. The smallest absolute Gasteiger partial charge is 0.405 e. The van der Waals surface area contributed by atoms with Crippen molar-refractivity contribution in [2.45, 2.75) is 84.0 Å². The lowest BCUT2D eigenvalue weighted by atomic mass is 9.93. The lowest BCUT2D eigenvalue weighted by molar-refractivity contribution is -0.142. The number of carboxylic acid groups (broad SMARTS) is 1. The highest BCUT2D eigenvalue weighted by Gasteiger charge is 2.35. The number of hydrogen-bond acceptors (Lipinski definition) is 7. The Bertz CT molecular complexity index is 1480. The van der Waals surface area contributed by atoms with Gasteiger partial charge in [-0.15, -0.1) is 0 Å². The van der Waals surface area contributed by atoms with Gasteiger partial charge >= 0.3 is 6.09 Å². The van der Waals surface area contributed by atoms with Crippen molar-refractivity contribution in [2.24, 2.45) is 23.3 Å². The van der Waals surface area contributed by atoms with E-state index in [2.05, 4.69) is 26.6 Å². The zero-order valence-electron chi connectivity index (χ0n) is 27.8. The van der Waals surface area contributed by atoms with E-state index in [0.717, 1.165) is 16.3 Å². The molecule has 11 N–H and O–H groups in total. The van der Waals surface area contributed by atoms with E-state index < -0.39 is 65.6 Å². The number of primary amides is 1. The number of hydrogen-bond donors (Lipinski definition) is 9. The zero-order chi connectivity index (χ0) is 36.0. The van der Waals surface area contributed by atoms with Crippen LogP contribution >= 0.6 is 0 Å². The Balaban J connectivity index is 2.26. The van der Waals surface area contributed by atoms with Crippen LogP contribution < -0.4 is 38.1 Å². The first-order valence-electron chi connectivity index (χ1n) is 15.9. The Kier molecular flexibility index (Phi) is 15.3. The van der Waals surface area contributed by atoms with Gasteiger partial charge in [0.1, 0.15) is 18.1 Å². The highest BCUT2D eigenvalue weighted by Crippen LogP contribution is 2.17. The van der Waals surface area contributed by atoms with E-state index in [1.807, 2.05) is 42.5 Å². The van der Waals surface area contributed by atoms with E-state index >= 15 is 0 Å². The van der Waals surface area contributed by atoms with Crippen LogP contribution in [0.15, 0.2) is 42.5 Å². The number of nitrogens with two attached hydrogens (primary N) is 2. The van der Waals surface area contributed by atoms with Crippen LogP contribution in [0.25, 0.3) is 10.8 Å². The largest absolute Gasteiger partial charge is 0.465 e. The maximum Gasteiger partial charge on any atom is 0.405 e. The summed E-state index contributed by atoms with van der Waals surface area (Å²) < 4.78 is 0. The number of carbonyl (C=O) groups is 6. The molecule has 2 aromatic rings. The van der Waals surface area contributed by atoms with E-state index in [-0.39, 0.29) is 44.1 Å². The maximum atomic E-state index is 13.5. The Labute approximate surface area is 279 Å². The van der Waals surface area contributed by atoms with Crippen molar-refractivity contribution >= 4 is 52.2 Å². The minimum absolute atomic E-state index is 0.00800. The number of nitrogens with one attached hydrogen (secondary N) is 6. The molecule has 0 saturated heterocycles. The molecule has 1 unspecified atom stereocenters. The van der Waals surface area contributed by atoms with Crippen LogP contribution in [0, 0.1) is 17.2 Å². The molecular weight excluding hydrogens is 620 g/mol. The molecule has 15 heteroatoms. The second kappa shape index (κ2) is 18.8. The van der Waals surface area contributed by atoms with Gasteiger partial charge in [-0.2, -0.15) is 0 Å². The van der Waals surface area contributed by atoms with Crippen LogP contribution in [0.2, 0.25) is 0 Å². The van der Waals surface area contributed by atoms with Crippen LogP contribution in [-0.2, 0) is 30.4 Å². The van der Waals surface area contributed by atoms with Crippen molar-refractivity contribution in [2.75, 3.05) is 6.54 Å². The van der Waals surface area contributed by atoms with Gasteiger partial charge in [-0.1, -0.05) is 76.6 Å². The molecule has 262 valence electrons. The quantitative estimate of drug-likeness (QED) is 0.0445. The number of rotatable bonds is 19. The van der Waals surface area contributed by atoms with Crippen LogP contribution in [0.5, 0.6) is 0 Å². The van der Waals surface area contributed by atoms with Gasteiger partial charge in [0.25, 0.3) is 5.91 Å². The van der Waals surface area contributed by atoms with Gasteiger partial charge in [-0.05, 0) is 47.4 Å². The van der Waals surface area contributed by atoms with E-state index in [4.69, 9.17) is 16.9 Å². The molecule has 5 amide bonds. The van der Waals surface area contributed by atoms with E-state index in [1.165, 1.54) is 0 Å². The molecule has 0 fully saturated rings. The van der Waals surface area contributed by atoms with Gasteiger partial charge in [-0.25, -0.2) is 4.79 Å². The standard InChI is InChI=1S/C33H48N8O7/c1-5-19(4)26(41-30(45)25(15-18(2)3)40-33(47)48)27(42)31(46)38-23(11-8-14-37-32(35)36)29(44)39-24(28(34)43)17-20-12-13-21-9-6-7-10-22(21)16-20/h6-7,9-10,12-13,16,18-19,23-26,40H,5,8,11,14-15,17H2,1-4H3,(H2,34,43)(H,38,46)(H,39,44)(H,41,45)(H,47,48)(H4,35,36,37)/t19-,23+,24-,25-,26?/m0/s1. The van der Waals surface area contributed by atoms with Crippen molar-refractivity contribution < 1.29 is 33.9 Å². The molecule has 2 rings (SSSR count). The topological polar surface area (TPSA) is 259 Å². The molecule has 0 aliphatic rings. The molecule has 0 saturated carbocycles. The highest BCUT2D eigenvalue weighted by atomic mass is 16.4. The second-order valence-corrected chi connectivity index (χ2v) is 12.2. The van der Waals surface area contributed by atoms with Crippen molar-refractivity contribution in [3.63, 3.8) is 0 Å². The van der Waals surface area contributed by atoms with Gasteiger partial charge in [0.2, 0.25) is 23.5 Å². The molecule has 0 aliphatic carbocycles. The molecule has 0 radical (unpaired) electrons. The Hall–Kier alpha value is -5.21. The summed E-state index contributed by atoms with van der Waals surface area (Å²) in [6, 6.07) is 8.29. The molecule has 0 aromatic heterocycles. The molecule has 0 spiro atoms. The summed E-state index contributed by atoms with van der Waals surface area (Å²) in [4.78, 5) is 77.1. The maximum absolute atomic E-state index is 13.5. The number of ketones is 1. The summed E-state index contributed by atoms with van der Waals surface area (Å²) in [5, 5.41) is 30.8. The third-order valence-electron chi connectivity index (χ3n) is 7.86. The van der Waals surface area contributed by atoms with Crippen LogP contribution in [0.3, 0.4) is 0 Å². The Morgan fingerprint density at radius 3 is 2.06 bits per heavy atom. The van der Waals surface area contributed by atoms with Gasteiger partial charge < -0.3 is 43.2 Å². The van der Waals surface area contributed by atoms with Crippen LogP contribution in [0.1, 0.15) is 58.9 Å². The molecule has 15 nitrogen and oxygen atoms in total. The number of guanidine groups is 1. The monoisotopic (exact) mass is 668 g/mol. The van der Waals surface area contributed by atoms with E-state index in [9.17, 15) is 33.9 Å². The number of benzene rings is 2. The summed E-state index contributed by atoms with van der Waals surface area (Å²) in [7, 11) is 0. The van der Waals surface area contributed by atoms with Gasteiger partial charge in [0.15, 0.2) is 5.96 Å². The first kappa shape index (κ1) is 39.0. The summed E-state index contributed by atoms with van der Waals surface area (Å²) in [6.45, 7) is 7.19. The number of fused-ring (bicyclic) bond motifs is 1. The number of Topliss-reactive ketones (excluding diaryl/α,β-unsaturated/α-hetero) is 1. The van der Waals surface area contributed by atoms with Crippen LogP contribution in [-0.4, -0.2) is 77.3 Å². The highest BCUT2D eigenvalue weighted by molar-refractivity contribution is 6.39. The van der Waals surface area contributed by atoms with Crippen molar-refractivity contribution in [1.29, 1.82) is 5.41 Å². The molecule has 2 aromatic carbocycles. The minimum Gasteiger partial charge on any atom is -0.465 e. The second-order valence-electron chi connectivity index (χ2n) is 12.2. The van der Waals surface area contributed by atoms with Crippen molar-refractivity contribution in [3.8, 4) is 0 Å². The molecular formula is C33H48N8O7. The molecule has 48 heavy (non-hydrogen) atoms. The summed E-state index contributed by atoms with van der Waals surface area (Å²) >= 11 is 0. The Morgan fingerprint density at radius 1 is 0.833 bits per heavy atom. The number of amides is 5. The average Bonchev–Trinajstić information content (AvgIpc) is 3.02. The fourth-order valence-corrected chi connectivity index (χ4v) is 5.07. The van der Waals surface area contributed by atoms with E-state index in [1.54, 1.807) is 27.7 Å². The SMILES string of the molecule is CC[C@H](C)C(NC(=O)[C@H](CC(C)C)NC(=O)O)C(=O)C(=O)N[C@H](CCCNC(=N)N)C(=O)N[C@@H](Cc1ccc2ccccc2c1)C(N)=O. The molecule has 5 atom stereocenters. The summed E-state index contributed by atoms with van der Waals surface area (Å²) in [5.74, 6) is -5.40. The fraction of sp³-hybridized carbons (Fsp3) is 0.485. The third kappa shape index (κ3) is 12.5. The predicted molar refractivity (Wildman–Crippen MR) is 181 cm³/mol. The summed E-state index contributed by atoms with van der Waals surface area (Å²) in [6.07, 6.45) is -0.569. The van der Waals surface area contributed by atoms with Gasteiger partial charge in [0, 0.05) is 13.0 Å². The van der Waals surface area contributed by atoms with Crippen molar-refractivity contribution in [3.05, 3.63) is 48.0 Å². The Morgan fingerprint density at radius 2 is 1.48 bits per heavy atom. The first-order valence-corrected chi connectivity index (χ1v) is 15.9. The lowest BCUT2D eigenvalue weighted by Crippen LogP contribution is -2.58. The van der Waals surface area contributed by atoms with Gasteiger partial charge in [0.05, 0.1) is 6.04 Å². The third-order valence-corrected chi connectivity index (χ3v) is 7.86. The van der Waals surface area contributed by atoms with E-state index in [0.29, 0.717) is 6.42 Å². The lowest BCUT2D eigenvalue weighted by Gasteiger charge is -2.27. The van der Waals surface area contributed by atoms with Crippen LogP contribution in [0.4, 0.5) is 4.79 Å². The summed E-state index contributed by atoms with van der Waals surface area (Å²) in [5.41, 5.74) is 11.7. The average molecular weight is 669 g/mol. The zero-order valence-corrected chi connectivity index (χ0v) is 27.8. The predicted octanol–water partition coefficient (Wildman–Crippen LogP) is 0.883. The molecule has 0 heterocycles. The molecule has 0 bridgehead atoms.